The van der Waals surface area contributed by atoms with Crippen molar-refractivity contribution in [3.8, 4) is 0 Å². The van der Waals surface area contributed by atoms with Crippen molar-refractivity contribution in [2.24, 2.45) is 11.7 Å². The number of halogens is 1. The van der Waals surface area contributed by atoms with Crippen molar-refractivity contribution in [3.05, 3.63) is 33.8 Å². The Morgan fingerprint density at radius 2 is 2.21 bits per heavy atom. The summed E-state index contributed by atoms with van der Waals surface area (Å²) < 4.78 is 1.19. The predicted octanol–water partition coefficient (Wildman–Crippen LogP) is 3.21. The van der Waals surface area contributed by atoms with Crippen LogP contribution in [-0.4, -0.2) is 6.04 Å². The van der Waals surface area contributed by atoms with Gasteiger partial charge in [-0.05, 0) is 49.3 Å². The fourth-order valence-corrected chi connectivity index (χ4v) is 2.32. The van der Waals surface area contributed by atoms with Gasteiger partial charge in [0.05, 0.1) is 0 Å². The molecule has 1 saturated carbocycles. The summed E-state index contributed by atoms with van der Waals surface area (Å²) in [4.78, 5) is 0. The number of aryl methyl sites for hydroxylation is 1. The van der Waals surface area contributed by atoms with Crippen LogP contribution in [0.3, 0.4) is 0 Å². The van der Waals surface area contributed by atoms with E-state index in [0.29, 0.717) is 17.9 Å². The maximum Gasteiger partial charge on any atom is 0.0204 e. The minimum Gasteiger partial charge on any atom is -0.328 e. The third kappa shape index (κ3) is 1.86. The molecule has 0 amide bonds. The van der Waals surface area contributed by atoms with Gasteiger partial charge in [-0.3, -0.25) is 0 Å². The molecular formula is C12H16BrN. The summed E-state index contributed by atoms with van der Waals surface area (Å²) in [6.07, 6.45) is 1.26. The summed E-state index contributed by atoms with van der Waals surface area (Å²) in [7, 11) is 0. The van der Waals surface area contributed by atoms with Crippen molar-refractivity contribution >= 4 is 15.9 Å². The van der Waals surface area contributed by atoms with Crippen molar-refractivity contribution in [1.29, 1.82) is 0 Å². The van der Waals surface area contributed by atoms with E-state index in [2.05, 4.69) is 48.0 Å². The van der Waals surface area contributed by atoms with Crippen LogP contribution in [0.25, 0.3) is 0 Å². The maximum absolute atomic E-state index is 5.88. The van der Waals surface area contributed by atoms with E-state index in [1.54, 1.807) is 0 Å². The lowest BCUT2D eigenvalue weighted by molar-refractivity contribution is 0.631. The number of benzene rings is 1. The fourth-order valence-electron chi connectivity index (χ4n) is 2.08. The molecule has 1 aliphatic carbocycles. The molecule has 3 unspecified atom stereocenters. The van der Waals surface area contributed by atoms with Crippen LogP contribution < -0.4 is 5.73 Å². The molecule has 0 aliphatic heterocycles. The van der Waals surface area contributed by atoms with Crippen LogP contribution in [0.2, 0.25) is 0 Å². The van der Waals surface area contributed by atoms with Crippen molar-refractivity contribution in [1.82, 2.24) is 0 Å². The van der Waals surface area contributed by atoms with Gasteiger partial charge in [0.15, 0.2) is 0 Å². The third-order valence-corrected chi connectivity index (χ3v) is 4.02. The molecule has 0 aromatic heterocycles. The van der Waals surface area contributed by atoms with Crippen molar-refractivity contribution in [2.75, 3.05) is 0 Å². The highest BCUT2D eigenvalue weighted by Crippen LogP contribution is 2.49. The molecule has 1 aromatic rings. The largest absolute Gasteiger partial charge is 0.328 e. The molecule has 0 spiro atoms. The van der Waals surface area contributed by atoms with Crippen LogP contribution in [0, 0.1) is 12.8 Å². The average molecular weight is 254 g/mol. The smallest absolute Gasteiger partial charge is 0.0204 e. The highest BCUT2D eigenvalue weighted by molar-refractivity contribution is 9.10. The highest BCUT2D eigenvalue weighted by atomic mass is 79.9. The van der Waals surface area contributed by atoms with Gasteiger partial charge >= 0.3 is 0 Å². The lowest BCUT2D eigenvalue weighted by atomic mass is 10.0. The average Bonchev–Trinajstić information content (AvgIpc) is 2.89. The summed E-state index contributed by atoms with van der Waals surface area (Å²) in [5, 5.41) is 0. The summed E-state index contributed by atoms with van der Waals surface area (Å²) >= 11 is 3.52. The van der Waals surface area contributed by atoms with E-state index in [1.807, 2.05) is 0 Å². The highest BCUT2D eigenvalue weighted by Gasteiger charge is 2.40. The molecular weight excluding hydrogens is 238 g/mol. The van der Waals surface area contributed by atoms with Crippen molar-refractivity contribution < 1.29 is 0 Å². The predicted molar refractivity (Wildman–Crippen MR) is 63.4 cm³/mol. The molecule has 2 rings (SSSR count). The first-order chi connectivity index (χ1) is 6.59. The topological polar surface area (TPSA) is 26.0 Å². The first-order valence-electron chi connectivity index (χ1n) is 5.11. The molecule has 1 nitrogen and oxygen atoms in total. The zero-order chi connectivity index (χ0) is 10.3. The van der Waals surface area contributed by atoms with Gasteiger partial charge in [0.2, 0.25) is 0 Å². The zero-order valence-electron chi connectivity index (χ0n) is 8.63. The molecule has 0 heterocycles. The van der Waals surface area contributed by atoms with Crippen molar-refractivity contribution in [3.63, 3.8) is 0 Å². The van der Waals surface area contributed by atoms with E-state index in [1.165, 1.54) is 22.0 Å². The Morgan fingerprint density at radius 1 is 1.50 bits per heavy atom. The van der Waals surface area contributed by atoms with Gasteiger partial charge in [0.25, 0.3) is 0 Å². The van der Waals surface area contributed by atoms with E-state index >= 15 is 0 Å². The Hall–Kier alpha value is -0.340. The molecule has 3 atom stereocenters. The SMILES string of the molecule is Cc1cc(C2CC2C(C)N)ccc1Br. The monoisotopic (exact) mass is 253 g/mol. The molecule has 2 heteroatoms. The fraction of sp³-hybridized carbons (Fsp3) is 0.500. The second-order valence-electron chi connectivity index (χ2n) is 4.37. The Kier molecular flexibility index (Phi) is 2.67. The Morgan fingerprint density at radius 3 is 2.71 bits per heavy atom. The first-order valence-corrected chi connectivity index (χ1v) is 5.90. The van der Waals surface area contributed by atoms with Crippen LogP contribution in [0.5, 0.6) is 0 Å². The number of rotatable bonds is 2. The second kappa shape index (κ2) is 3.67. The van der Waals surface area contributed by atoms with Crippen LogP contribution >= 0.6 is 15.9 Å². The molecule has 1 aliphatic rings. The molecule has 14 heavy (non-hydrogen) atoms. The van der Waals surface area contributed by atoms with Gasteiger partial charge in [0.1, 0.15) is 0 Å². The van der Waals surface area contributed by atoms with Crippen LogP contribution in [0.15, 0.2) is 22.7 Å². The summed E-state index contributed by atoms with van der Waals surface area (Å²) in [6.45, 7) is 4.24. The zero-order valence-corrected chi connectivity index (χ0v) is 10.2. The van der Waals surface area contributed by atoms with Crippen LogP contribution in [0.1, 0.15) is 30.4 Å². The standard InChI is InChI=1S/C12H16BrN/c1-7-5-9(3-4-12(7)13)11-6-10(11)8(2)14/h3-5,8,10-11H,6,14H2,1-2H3. The Bertz CT molecular complexity index is 346. The van der Waals surface area contributed by atoms with E-state index in [-0.39, 0.29) is 0 Å². The Balaban J connectivity index is 2.16. The number of hydrogen-bond acceptors (Lipinski definition) is 1. The van der Waals surface area contributed by atoms with Crippen molar-refractivity contribution in [2.45, 2.75) is 32.2 Å². The summed E-state index contributed by atoms with van der Waals surface area (Å²) in [5.41, 5.74) is 8.65. The molecule has 0 saturated heterocycles. The molecule has 1 fully saturated rings. The summed E-state index contributed by atoms with van der Waals surface area (Å²) in [5.74, 6) is 1.41. The van der Waals surface area contributed by atoms with Crippen LogP contribution in [0.4, 0.5) is 0 Å². The van der Waals surface area contributed by atoms with Gasteiger partial charge in [-0.1, -0.05) is 28.1 Å². The van der Waals surface area contributed by atoms with Gasteiger partial charge in [-0.25, -0.2) is 0 Å². The lowest BCUT2D eigenvalue weighted by Gasteiger charge is -2.06. The van der Waals surface area contributed by atoms with E-state index in [9.17, 15) is 0 Å². The minimum atomic E-state index is 0.337. The van der Waals surface area contributed by atoms with E-state index in [4.69, 9.17) is 5.73 Å². The first kappa shape index (κ1) is 10.2. The number of hydrogen-bond donors (Lipinski definition) is 1. The quantitative estimate of drug-likeness (QED) is 0.861. The summed E-state index contributed by atoms with van der Waals surface area (Å²) in [6, 6.07) is 6.96. The van der Waals surface area contributed by atoms with Gasteiger partial charge in [-0.15, -0.1) is 0 Å². The molecule has 1 aromatic carbocycles. The Labute approximate surface area is 93.8 Å². The van der Waals surface area contributed by atoms with Gasteiger partial charge < -0.3 is 5.73 Å². The molecule has 2 N–H and O–H groups in total. The molecule has 0 radical (unpaired) electrons. The third-order valence-electron chi connectivity index (χ3n) is 3.13. The minimum absolute atomic E-state index is 0.337. The number of nitrogens with two attached hydrogens (primary N) is 1. The normalized spacial score (nSPS) is 27.4. The van der Waals surface area contributed by atoms with Crippen LogP contribution in [-0.2, 0) is 0 Å². The van der Waals surface area contributed by atoms with E-state index < -0.39 is 0 Å². The molecule has 0 bridgehead atoms. The second-order valence-corrected chi connectivity index (χ2v) is 5.23. The van der Waals surface area contributed by atoms with Gasteiger partial charge in [0, 0.05) is 10.5 Å². The maximum atomic E-state index is 5.88. The lowest BCUT2D eigenvalue weighted by Crippen LogP contribution is -2.17. The van der Waals surface area contributed by atoms with Gasteiger partial charge in [-0.2, -0.15) is 0 Å². The molecule has 76 valence electrons. The van der Waals surface area contributed by atoms with E-state index in [0.717, 1.165) is 0 Å².